The summed E-state index contributed by atoms with van der Waals surface area (Å²) in [7, 11) is 0. The molecule has 3 rings (SSSR count). The van der Waals surface area contributed by atoms with Crippen molar-refractivity contribution in [2.24, 2.45) is 5.92 Å². The van der Waals surface area contributed by atoms with E-state index in [0.29, 0.717) is 6.42 Å². The van der Waals surface area contributed by atoms with E-state index < -0.39 is 35.6 Å². The third kappa shape index (κ3) is 11.1. The van der Waals surface area contributed by atoms with Crippen LogP contribution < -0.4 is 16.0 Å². The first-order chi connectivity index (χ1) is 19.6. The second-order valence-electron chi connectivity index (χ2n) is 10.7. The molecule has 0 radical (unpaired) electrons. The lowest BCUT2D eigenvalue weighted by Crippen LogP contribution is -2.51. The van der Waals surface area contributed by atoms with Gasteiger partial charge in [0, 0.05) is 6.42 Å². The number of aliphatic hydroxyl groups excluding tert-OH is 1. The van der Waals surface area contributed by atoms with Crippen molar-refractivity contribution >= 4 is 23.9 Å². The molecule has 10 nitrogen and oxygen atoms in total. The zero-order chi connectivity index (χ0) is 29.7. The van der Waals surface area contributed by atoms with Crippen molar-refractivity contribution < 1.29 is 33.8 Å². The summed E-state index contributed by atoms with van der Waals surface area (Å²) in [6.45, 7) is 3.08. The van der Waals surface area contributed by atoms with Crippen LogP contribution in [0.3, 0.4) is 0 Å². The number of rotatable bonds is 9. The first kappa shape index (κ1) is 31.3. The molecule has 2 aromatic rings. The lowest BCUT2D eigenvalue weighted by molar-refractivity contribution is -0.149. The summed E-state index contributed by atoms with van der Waals surface area (Å²) in [4.78, 5) is 51.2. The Kier molecular flexibility index (Phi) is 11.9. The lowest BCUT2D eigenvalue weighted by atomic mass is 9.96. The smallest absolute Gasteiger partial charge is 0.408 e. The summed E-state index contributed by atoms with van der Waals surface area (Å²) in [6, 6.07) is 17.2. The number of hydrogen-bond acceptors (Lipinski definition) is 7. The molecular weight excluding hydrogens is 526 g/mol. The van der Waals surface area contributed by atoms with Gasteiger partial charge in [-0.3, -0.25) is 9.59 Å². The molecule has 0 aliphatic carbocycles. The van der Waals surface area contributed by atoms with Gasteiger partial charge in [-0.15, -0.1) is 0 Å². The Morgan fingerprint density at radius 3 is 2.32 bits per heavy atom. The molecule has 41 heavy (non-hydrogen) atoms. The number of aliphatic hydroxyl groups is 1. The highest BCUT2D eigenvalue weighted by molar-refractivity contribution is 5.86. The molecular formula is C31H39N3O7. The summed E-state index contributed by atoms with van der Waals surface area (Å²) in [5, 5.41) is 18.0. The van der Waals surface area contributed by atoms with Crippen LogP contribution in [0.15, 0.2) is 72.8 Å². The van der Waals surface area contributed by atoms with Gasteiger partial charge in [0.15, 0.2) is 0 Å². The van der Waals surface area contributed by atoms with Crippen LogP contribution in [0.4, 0.5) is 4.79 Å². The highest BCUT2D eigenvalue weighted by Crippen LogP contribution is 2.16. The van der Waals surface area contributed by atoms with Crippen LogP contribution in [0.1, 0.15) is 44.2 Å². The summed E-state index contributed by atoms with van der Waals surface area (Å²) in [5.74, 6) is -2.06. The molecule has 1 heterocycles. The number of hydrogen-bond donors (Lipinski definition) is 4. The van der Waals surface area contributed by atoms with Gasteiger partial charge < -0.3 is 30.5 Å². The molecule has 1 aliphatic heterocycles. The predicted molar refractivity (Wildman–Crippen MR) is 152 cm³/mol. The Hall–Kier alpha value is -4.18. The summed E-state index contributed by atoms with van der Waals surface area (Å²) in [6.07, 6.45) is 3.33. The van der Waals surface area contributed by atoms with E-state index in [4.69, 9.17) is 9.47 Å². The SMILES string of the molecule is CC1(C)COC(=O)[C@H](NC(=O)OCc2ccccc2)CC=CC[C@H](CC(=O)N[C@H](CO)Cc2ccccc2)C(=O)N1. The number of benzene rings is 2. The molecule has 2 aromatic carbocycles. The number of allylic oxidation sites excluding steroid dienone is 1. The summed E-state index contributed by atoms with van der Waals surface area (Å²) < 4.78 is 10.7. The van der Waals surface area contributed by atoms with E-state index in [-0.39, 0.29) is 50.9 Å². The average molecular weight is 566 g/mol. The Bertz CT molecular complexity index is 1180. The Morgan fingerprint density at radius 2 is 1.66 bits per heavy atom. The van der Waals surface area contributed by atoms with Gasteiger partial charge in [0.2, 0.25) is 11.8 Å². The molecule has 1 aliphatic rings. The molecule has 3 atom stereocenters. The number of cyclic esters (lactones) is 1. The van der Waals surface area contributed by atoms with Crippen molar-refractivity contribution in [2.75, 3.05) is 13.2 Å². The standard InChI is InChI=1S/C31H39N3O7/c1-31(2)21-41-29(38)26(33-30(39)40-20-23-13-7-4-8-14-23)16-10-9-15-24(28(37)34-31)18-27(36)32-25(19-35)17-22-11-5-3-6-12-22/h3-14,24-26,35H,15-21H2,1-2H3,(H,32,36)(H,33,39)(H,34,37)/t24-,25+,26-/m1/s1. The van der Waals surface area contributed by atoms with E-state index >= 15 is 0 Å². The minimum Gasteiger partial charge on any atom is -0.462 e. The quantitative estimate of drug-likeness (QED) is 0.270. The second kappa shape index (κ2) is 15.6. The van der Waals surface area contributed by atoms with Gasteiger partial charge in [0.1, 0.15) is 19.3 Å². The van der Waals surface area contributed by atoms with Crippen LogP contribution in [0.5, 0.6) is 0 Å². The van der Waals surface area contributed by atoms with Crippen LogP contribution in [0.2, 0.25) is 0 Å². The van der Waals surface area contributed by atoms with Crippen LogP contribution in [-0.2, 0) is 36.9 Å². The molecule has 0 spiro atoms. The molecule has 3 amide bonds. The van der Waals surface area contributed by atoms with Crippen LogP contribution >= 0.6 is 0 Å². The molecule has 0 unspecified atom stereocenters. The molecule has 0 aromatic heterocycles. The lowest BCUT2D eigenvalue weighted by Gasteiger charge is -2.29. The molecule has 4 N–H and O–H groups in total. The normalized spacial score (nSPS) is 19.9. The molecule has 0 saturated carbocycles. The van der Waals surface area contributed by atoms with Crippen molar-refractivity contribution in [1.82, 2.24) is 16.0 Å². The van der Waals surface area contributed by atoms with Gasteiger partial charge in [-0.1, -0.05) is 72.8 Å². The number of alkyl carbamates (subject to hydrolysis) is 1. The van der Waals surface area contributed by atoms with Crippen LogP contribution in [0.25, 0.3) is 0 Å². The summed E-state index contributed by atoms with van der Waals surface area (Å²) >= 11 is 0. The number of carbonyl (C=O) groups is 4. The average Bonchev–Trinajstić information content (AvgIpc) is 2.95. The van der Waals surface area contributed by atoms with Gasteiger partial charge in [-0.2, -0.15) is 0 Å². The highest BCUT2D eigenvalue weighted by Gasteiger charge is 2.31. The topological polar surface area (TPSA) is 143 Å². The largest absolute Gasteiger partial charge is 0.462 e. The van der Waals surface area contributed by atoms with Crippen molar-refractivity contribution in [3.63, 3.8) is 0 Å². The van der Waals surface area contributed by atoms with Crippen LogP contribution in [-0.4, -0.2) is 59.8 Å². The fraction of sp³-hybridized carbons (Fsp3) is 0.419. The van der Waals surface area contributed by atoms with E-state index in [1.54, 1.807) is 26.0 Å². The van der Waals surface area contributed by atoms with E-state index in [1.807, 2.05) is 60.7 Å². The fourth-order valence-corrected chi connectivity index (χ4v) is 4.29. The van der Waals surface area contributed by atoms with Crippen molar-refractivity contribution in [2.45, 2.75) is 63.8 Å². The predicted octanol–water partition coefficient (Wildman–Crippen LogP) is 2.80. The maximum atomic E-state index is 13.1. The number of esters is 1. The van der Waals surface area contributed by atoms with Gasteiger partial charge in [-0.05, 0) is 44.2 Å². The highest BCUT2D eigenvalue weighted by atomic mass is 16.6. The van der Waals surface area contributed by atoms with Crippen molar-refractivity contribution in [1.29, 1.82) is 0 Å². The minimum absolute atomic E-state index is 0.0512. The van der Waals surface area contributed by atoms with E-state index in [0.717, 1.165) is 11.1 Å². The third-order valence-corrected chi connectivity index (χ3v) is 6.50. The van der Waals surface area contributed by atoms with Crippen LogP contribution in [0, 0.1) is 5.92 Å². The number of carbonyl (C=O) groups excluding carboxylic acids is 4. The van der Waals surface area contributed by atoms with Gasteiger partial charge in [-0.25, -0.2) is 9.59 Å². The maximum absolute atomic E-state index is 13.1. The first-order valence-corrected chi connectivity index (χ1v) is 13.7. The molecule has 0 bridgehead atoms. The zero-order valence-electron chi connectivity index (χ0n) is 23.5. The van der Waals surface area contributed by atoms with E-state index in [1.165, 1.54) is 0 Å². The molecule has 10 heteroatoms. The molecule has 0 saturated heterocycles. The maximum Gasteiger partial charge on any atom is 0.408 e. The number of ether oxygens (including phenoxy) is 2. The molecule has 220 valence electrons. The second-order valence-corrected chi connectivity index (χ2v) is 10.7. The van der Waals surface area contributed by atoms with Gasteiger partial charge in [0.05, 0.1) is 24.1 Å². The van der Waals surface area contributed by atoms with Crippen molar-refractivity contribution in [3.05, 3.63) is 83.9 Å². The Labute approximate surface area is 240 Å². The van der Waals surface area contributed by atoms with Crippen molar-refractivity contribution in [3.8, 4) is 0 Å². The van der Waals surface area contributed by atoms with E-state index in [2.05, 4.69) is 16.0 Å². The van der Waals surface area contributed by atoms with Gasteiger partial charge >= 0.3 is 12.1 Å². The number of amides is 3. The Balaban J connectivity index is 1.62. The zero-order valence-corrected chi connectivity index (χ0v) is 23.5. The Morgan fingerprint density at radius 1 is 1.02 bits per heavy atom. The third-order valence-electron chi connectivity index (χ3n) is 6.50. The number of nitrogens with one attached hydrogen (secondary N) is 3. The van der Waals surface area contributed by atoms with E-state index in [9.17, 15) is 24.3 Å². The first-order valence-electron chi connectivity index (χ1n) is 13.7. The molecule has 0 fully saturated rings. The fourth-order valence-electron chi connectivity index (χ4n) is 4.29. The van der Waals surface area contributed by atoms with Gasteiger partial charge in [0.25, 0.3) is 0 Å². The summed E-state index contributed by atoms with van der Waals surface area (Å²) in [5.41, 5.74) is 0.854. The minimum atomic E-state index is -0.995. The monoisotopic (exact) mass is 565 g/mol.